The first-order valence-corrected chi connectivity index (χ1v) is 5.38. The first kappa shape index (κ1) is 13.0. The van der Waals surface area contributed by atoms with Crippen LogP contribution in [0, 0.1) is 23.2 Å². The molecule has 0 amide bonds. The molecular weight excluding hydrogens is 218 g/mol. The molecule has 0 fully saturated rings. The van der Waals surface area contributed by atoms with Crippen molar-refractivity contribution in [1.82, 2.24) is 4.98 Å². The van der Waals surface area contributed by atoms with E-state index in [0.29, 0.717) is 11.4 Å². The zero-order valence-corrected chi connectivity index (χ0v) is 9.84. The Hall–Kier alpha value is -2.09. The number of hydrogen-bond acceptors (Lipinski definition) is 4. The first-order chi connectivity index (χ1) is 8.06. The van der Waals surface area contributed by atoms with Crippen LogP contribution in [0.5, 0.6) is 0 Å². The third-order valence-electron chi connectivity index (χ3n) is 2.54. The van der Waals surface area contributed by atoms with Crippen LogP contribution in [-0.4, -0.2) is 22.6 Å². The number of carboxylic acids is 1. The summed E-state index contributed by atoms with van der Waals surface area (Å²) in [5.74, 6) is -0.887. The fraction of sp³-hybridized carbons (Fsp3) is 0.417. The Labute approximate surface area is 100 Å². The van der Waals surface area contributed by atoms with Gasteiger partial charge in [0.2, 0.25) is 0 Å². The van der Waals surface area contributed by atoms with Crippen LogP contribution in [0.1, 0.15) is 19.4 Å². The highest BCUT2D eigenvalue weighted by Crippen LogP contribution is 2.14. The van der Waals surface area contributed by atoms with E-state index < -0.39 is 11.9 Å². The van der Waals surface area contributed by atoms with E-state index in [2.05, 4.69) is 10.3 Å². The van der Waals surface area contributed by atoms with E-state index in [4.69, 9.17) is 10.4 Å². The van der Waals surface area contributed by atoms with Gasteiger partial charge in [-0.25, -0.2) is 4.98 Å². The Morgan fingerprint density at radius 2 is 2.35 bits per heavy atom. The number of nitrogens with zero attached hydrogens (tertiary/aromatic N) is 2. The fourth-order valence-corrected chi connectivity index (χ4v) is 1.45. The van der Waals surface area contributed by atoms with Crippen molar-refractivity contribution < 1.29 is 9.90 Å². The topological polar surface area (TPSA) is 86.0 Å². The summed E-state index contributed by atoms with van der Waals surface area (Å²) < 4.78 is 0. The van der Waals surface area contributed by atoms with Gasteiger partial charge >= 0.3 is 5.97 Å². The molecule has 0 spiro atoms. The van der Waals surface area contributed by atoms with Crippen molar-refractivity contribution in [1.29, 1.82) is 5.26 Å². The molecule has 5 nitrogen and oxygen atoms in total. The average Bonchev–Trinajstić information content (AvgIpc) is 2.29. The quantitative estimate of drug-likeness (QED) is 0.808. The van der Waals surface area contributed by atoms with Gasteiger partial charge in [-0.1, -0.05) is 13.8 Å². The van der Waals surface area contributed by atoms with E-state index in [-0.39, 0.29) is 12.5 Å². The minimum absolute atomic E-state index is 0.0225. The number of anilines is 1. The van der Waals surface area contributed by atoms with Crippen molar-refractivity contribution >= 4 is 11.8 Å². The van der Waals surface area contributed by atoms with Crippen molar-refractivity contribution in [3.05, 3.63) is 23.9 Å². The molecule has 0 saturated carbocycles. The molecule has 1 rings (SSSR count). The molecule has 5 heteroatoms. The monoisotopic (exact) mass is 233 g/mol. The number of aromatic nitrogens is 1. The van der Waals surface area contributed by atoms with Gasteiger partial charge in [0.1, 0.15) is 11.9 Å². The maximum atomic E-state index is 11.0. The molecule has 0 aliphatic heterocycles. The van der Waals surface area contributed by atoms with Gasteiger partial charge in [-0.15, -0.1) is 0 Å². The van der Waals surface area contributed by atoms with Crippen molar-refractivity contribution in [3.8, 4) is 6.07 Å². The summed E-state index contributed by atoms with van der Waals surface area (Å²) in [6.07, 6.45) is 1.56. The first-order valence-electron chi connectivity index (χ1n) is 5.38. The highest BCUT2D eigenvalue weighted by molar-refractivity contribution is 5.71. The summed E-state index contributed by atoms with van der Waals surface area (Å²) in [6, 6.07) is 5.31. The molecule has 0 bridgehead atoms. The summed E-state index contributed by atoms with van der Waals surface area (Å²) in [7, 11) is 0. The van der Waals surface area contributed by atoms with E-state index in [1.165, 1.54) is 0 Å². The van der Waals surface area contributed by atoms with Crippen LogP contribution in [-0.2, 0) is 4.79 Å². The van der Waals surface area contributed by atoms with Gasteiger partial charge < -0.3 is 10.4 Å². The van der Waals surface area contributed by atoms with Gasteiger partial charge in [0.15, 0.2) is 0 Å². The molecule has 1 aromatic rings. The number of carboxylic acid groups (broad SMARTS) is 1. The summed E-state index contributed by atoms with van der Waals surface area (Å²) >= 11 is 0. The third kappa shape index (κ3) is 3.45. The van der Waals surface area contributed by atoms with Crippen LogP contribution in [0.25, 0.3) is 0 Å². The molecule has 1 atom stereocenters. The highest BCUT2D eigenvalue weighted by Gasteiger charge is 2.21. The Kier molecular flexibility index (Phi) is 4.46. The zero-order valence-electron chi connectivity index (χ0n) is 9.84. The Balaban J connectivity index is 2.73. The molecule has 0 aromatic carbocycles. The van der Waals surface area contributed by atoms with E-state index in [0.717, 1.165) is 0 Å². The van der Waals surface area contributed by atoms with Crippen LogP contribution in [0.4, 0.5) is 5.82 Å². The lowest BCUT2D eigenvalue weighted by Crippen LogP contribution is -2.28. The second-order valence-corrected chi connectivity index (χ2v) is 4.08. The molecular formula is C12H15N3O2. The molecule has 1 heterocycles. The fourth-order valence-electron chi connectivity index (χ4n) is 1.45. The van der Waals surface area contributed by atoms with Crippen molar-refractivity contribution in [3.63, 3.8) is 0 Å². The molecule has 2 N–H and O–H groups in total. The molecule has 0 aliphatic rings. The number of nitrogens with one attached hydrogen (secondary N) is 1. The SMILES string of the molecule is CC(C)C(CNc1ncccc1C#N)C(=O)O. The molecule has 1 aromatic heterocycles. The summed E-state index contributed by atoms with van der Waals surface area (Å²) in [4.78, 5) is 15.0. The van der Waals surface area contributed by atoms with Crippen LogP contribution in [0.2, 0.25) is 0 Å². The smallest absolute Gasteiger partial charge is 0.308 e. The zero-order chi connectivity index (χ0) is 12.8. The normalized spacial score (nSPS) is 11.9. The largest absolute Gasteiger partial charge is 0.481 e. The second kappa shape index (κ2) is 5.85. The lowest BCUT2D eigenvalue weighted by molar-refractivity contribution is -0.142. The van der Waals surface area contributed by atoms with Gasteiger partial charge in [-0.05, 0) is 18.1 Å². The van der Waals surface area contributed by atoms with Gasteiger partial charge in [0.05, 0.1) is 11.5 Å². The third-order valence-corrected chi connectivity index (χ3v) is 2.54. The summed E-state index contributed by atoms with van der Waals surface area (Å²) in [6.45, 7) is 3.97. The maximum Gasteiger partial charge on any atom is 0.308 e. The molecule has 1 unspecified atom stereocenters. The van der Waals surface area contributed by atoms with Gasteiger partial charge in [-0.2, -0.15) is 5.26 Å². The number of carbonyl (C=O) groups is 1. The predicted molar refractivity (Wildman–Crippen MR) is 63.4 cm³/mol. The van der Waals surface area contributed by atoms with Crippen LogP contribution < -0.4 is 5.32 Å². The Morgan fingerprint density at radius 3 is 2.88 bits per heavy atom. The van der Waals surface area contributed by atoms with Gasteiger partial charge in [0, 0.05) is 12.7 Å². The Bertz CT molecular complexity index is 438. The maximum absolute atomic E-state index is 11.0. The number of nitriles is 1. The van der Waals surface area contributed by atoms with Crippen LogP contribution in [0.15, 0.2) is 18.3 Å². The molecule has 90 valence electrons. The molecule has 0 radical (unpaired) electrons. The lowest BCUT2D eigenvalue weighted by Gasteiger charge is -2.17. The van der Waals surface area contributed by atoms with Gasteiger partial charge in [-0.3, -0.25) is 4.79 Å². The number of hydrogen-bond donors (Lipinski definition) is 2. The average molecular weight is 233 g/mol. The second-order valence-electron chi connectivity index (χ2n) is 4.08. The van der Waals surface area contributed by atoms with Crippen molar-refractivity contribution in [2.45, 2.75) is 13.8 Å². The highest BCUT2D eigenvalue weighted by atomic mass is 16.4. The van der Waals surface area contributed by atoms with E-state index in [1.54, 1.807) is 18.3 Å². The minimum atomic E-state index is -0.845. The van der Waals surface area contributed by atoms with E-state index in [1.807, 2.05) is 19.9 Å². The van der Waals surface area contributed by atoms with Crippen LogP contribution >= 0.6 is 0 Å². The minimum Gasteiger partial charge on any atom is -0.481 e. The molecule has 17 heavy (non-hydrogen) atoms. The number of aliphatic carboxylic acids is 1. The number of rotatable bonds is 5. The van der Waals surface area contributed by atoms with Gasteiger partial charge in [0.25, 0.3) is 0 Å². The number of pyridine rings is 1. The molecule has 0 saturated heterocycles. The molecule has 0 aliphatic carbocycles. The van der Waals surface area contributed by atoms with E-state index in [9.17, 15) is 4.79 Å². The summed E-state index contributed by atoms with van der Waals surface area (Å²) in [5.41, 5.74) is 0.417. The van der Waals surface area contributed by atoms with E-state index >= 15 is 0 Å². The summed E-state index contributed by atoms with van der Waals surface area (Å²) in [5, 5.41) is 20.8. The van der Waals surface area contributed by atoms with Crippen LogP contribution in [0.3, 0.4) is 0 Å². The standard InChI is InChI=1S/C12H15N3O2/c1-8(2)10(12(16)17)7-15-11-9(6-13)4-3-5-14-11/h3-5,8,10H,7H2,1-2H3,(H,14,15)(H,16,17). The van der Waals surface area contributed by atoms with Crippen molar-refractivity contribution in [2.75, 3.05) is 11.9 Å². The predicted octanol–water partition coefficient (Wildman–Crippen LogP) is 1.72. The Morgan fingerprint density at radius 1 is 1.65 bits per heavy atom. The van der Waals surface area contributed by atoms with Crippen molar-refractivity contribution in [2.24, 2.45) is 11.8 Å². The lowest BCUT2D eigenvalue weighted by atomic mass is 9.96.